The number of rotatable bonds is 7. The second-order valence-electron chi connectivity index (χ2n) is 31.1. The van der Waals surface area contributed by atoms with E-state index in [2.05, 4.69) is 318 Å². The van der Waals surface area contributed by atoms with Gasteiger partial charge in [-0.05, 0) is 199 Å². The molecule has 0 amide bonds. The standard InChI is InChI=1S/C81H87BN4/c1-75(2,3)52-26-34-56(35-27-52)83(57-36-28-53(29-37-57)76(4,5)6)61-43-45-70-69(49-61)82-68-25-21-24-67-74(68)86(81(16)47-20-19-46-80(67,81)15)72-51-62(84(58-38-30-54(31-39-58)77(7,8)9)59-40-32-55(33-41-59)78(10,11)12)50-71(73(72)82)85(70)60-42-44-66-64(48-60)63-22-17-18-23-65(63)79(66,13)14/h17-18,21-45,48-51H,19-20,46-47H2,1-16H3. The third kappa shape index (κ3) is 8.51. The van der Waals surface area contributed by atoms with Crippen LogP contribution >= 0.6 is 0 Å². The summed E-state index contributed by atoms with van der Waals surface area (Å²) in [4.78, 5) is 10.6. The minimum atomic E-state index is -0.167. The van der Waals surface area contributed by atoms with Gasteiger partial charge in [0.2, 0.25) is 0 Å². The zero-order chi connectivity index (χ0) is 60.4. The Morgan fingerprint density at radius 1 is 0.384 bits per heavy atom. The van der Waals surface area contributed by atoms with Crippen LogP contribution in [0.4, 0.5) is 62.6 Å². The highest BCUT2D eigenvalue weighted by Crippen LogP contribution is 2.63. The van der Waals surface area contributed by atoms with Crippen LogP contribution in [0.5, 0.6) is 0 Å². The van der Waals surface area contributed by atoms with Crippen molar-refractivity contribution in [1.82, 2.24) is 0 Å². The lowest BCUT2D eigenvalue weighted by Gasteiger charge is -2.53. The van der Waals surface area contributed by atoms with Crippen LogP contribution in [-0.4, -0.2) is 12.3 Å². The number of nitrogens with zero attached hydrogens (tertiary/aromatic N) is 4. The summed E-state index contributed by atoms with van der Waals surface area (Å²) < 4.78 is 0. The molecule has 0 radical (unpaired) electrons. The molecule has 2 unspecified atom stereocenters. The first-order valence-electron chi connectivity index (χ1n) is 32.0. The van der Waals surface area contributed by atoms with Crippen molar-refractivity contribution >= 4 is 85.7 Å². The van der Waals surface area contributed by atoms with E-state index in [-0.39, 0.29) is 44.7 Å². The van der Waals surface area contributed by atoms with Crippen molar-refractivity contribution < 1.29 is 0 Å². The number of anilines is 11. The molecule has 4 nitrogen and oxygen atoms in total. The van der Waals surface area contributed by atoms with E-state index in [1.54, 1.807) is 0 Å². The Hall–Kier alpha value is -7.76. The van der Waals surface area contributed by atoms with E-state index >= 15 is 0 Å². The predicted molar refractivity (Wildman–Crippen MR) is 370 cm³/mol. The first-order chi connectivity index (χ1) is 40.7. The van der Waals surface area contributed by atoms with Gasteiger partial charge in [-0.1, -0.05) is 214 Å². The Bertz CT molecular complexity index is 4050. The van der Waals surface area contributed by atoms with Crippen molar-refractivity contribution in [3.8, 4) is 11.1 Å². The van der Waals surface area contributed by atoms with Gasteiger partial charge < -0.3 is 19.6 Å². The van der Waals surface area contributed by atoms with E-state index in [4.69, 9.17) is 0 Å². The Kier molecular flexibility index (Phi) is 12.5. The maximum absolute atomic E-state index is 2.90. The van der Waals surface area contributed by atoms with Crippen LogP contribution in [0.2, 0.25) is 0 Å². The van der Waals surface area contributed by atoms with Gasteiger partial charge in [-0.25, -0.2) is 0 Å². The predicted octanol–water partition coefficient (Wildman–Crippen LogP) is 20.5. The Morgan fingerprint density at radius 3 is 1.38 bits per heavy atom. The second kappa shape index (κ2) is 19.1. The fourth-order valence-corrected chi connectivity index (χ4v) is 16.0. The summed E-state index contributed by atoms with van der Waals surface area (Å²) >= 11 is 0. The first-order valence-corrected chi connectivity index (χ1v) is 32.0. The molecular weight excluding hydrogens is 1040 g/mol. The largest absolute Gasteiger partial charge is 0.335 e. The average Bonchev–Trinajstić information content (AvgIpc) is 1.43. The van der Waals surface area contributed by atoms with E-state index in [1.807, 2.05) is 0 Å². The number of fused-ring (bicyclic) bond motifs is 10. The summed E-state index contributed by atoms with van der Waals surface area (Å²) in [7, 11) is 0. The summed E-state index contributed by atoms with van der Waals surface area (Å²) in [5.74, 6) is 0. The molecule has 5 aliphatic rings. The molecule has 434 valence electrons. The topological polar surface area (TPSA) is 13.0 Å². The number of benzene rings is 9. The summed E-state index contributed by atoms with van der Waals surface area (Å²) in [6.45, 7) is 37.7. The molecule has 2 atom stereocenters. The quantitative estimate of drug-likeness (QED) is 0.147. The lowest BCUT2D eigenvalue weighted by molar-refractivity contribution is 0.195. The van der Waals surface area contributed by atoms with Gasteiger partial charge in [-0.15, -0.1) is 0 Å². The molecule has 9 aromatic rings. The molecule has 86 heavy (non-hydrogen) atoms. The van der Waals surface area contributed by atoms with Crippen molar-refractivity contribution in [2.24, 2.45) is 0 Å². The highest BCUT2D eigenvalue weighted by atomic mass is 15.3. The maximum atomic E-state index is 2.90. The molecule has 0 aromatic heterocycles. The lowest BCUT2D eigenvalue weighted by atomic mass is 9.33. The third-order valence-electron chi connectivity index (χ3n) is 21.2. The van der Waals surface area contributed by atoms with Gasteiger partial charge in [0.05, 0.1) is 11.2 Å². The molecule has 3 aliphatic heterocycles. The average molecular weight is 1130 g/mol. The molecule has 5 heteroatoms. The fraction of sp³-hybridized carbons (Fsp3) is 0.333. The maximum Gasteiger partial charge on any atom is 0.252 e. The van der Waals surface area contributed by atoms with Crippen molar-refractivity contribution in [3.05, 3.63) is 227 Å². The zero-order valence-electron chi connectivity index (χ0n) is 54.1. The SMILES string of the molecule is CC(C)(C)c1ccc(N(c2ccc(C(C)(C)C)cc2)c2ccc3c(c2)B2c4cccc5c4N(c4cc(N(c6ccc(C(C)(C)C)cc6)c6ccc(C(C)(C)C)cc6)cc(c42)N3c2ccc3c(c2)-c2ccccc2C3(C)C)C2(C)CCCCC52C)cc1. The van der Waals surface area contributed by atoms with Gasteiger partial charge in [0, 0.05) is 67.7 Å². The minimum absolute atomic E-state index is 0.00973. The Morgan fingerprint density at radius 2 is 0.849 bits per heavy atom. The number of hydrogen-bond donors (Lipinski definition) is 0. The van der Waals surface area contributed by atoms with Gasteiger partial charge in [-0.2, -0.15) is 0 Å². The molecule has 0 saturated heterocycles. The second-order valence-corrected chi connectivity index (χ2v) is 31.1. The van der Waals surface area contributed by atoms with E-state index in [1.165, 1.54) is 108 Å². The van der Waals surface area contributed by atoms with E-state index < -0.39 is 0 Å². The van der Waals surface area contributed by atoms with Gasteiger partial charge in [0.15, 0.2) is 0 Å². The summed E-state index contributed by atoms with van der Waals surface area (Å²) in [5.41, 5.74) is 29.2. The van der Waals surface area contributed by atoms with E-state index in [0.29, 0.717) is 0 Å². The van der Waals surface area contributed by atoms with Gasteiger partial charge in [0.1, 0.15) is 0 Å². The van der Waals surface area contributed by atoms with Crippen molar-refractivity contribution in [2.75, 3.05) is 19.6 Å². The molecule has 0 N–H and O–H groups in total. The van der Waals surface area contributed by atoms with Crippen LogP contribution in [0.25, 0.3) is 11.1 Å². The third-order valence-corrected chi connectivity index (χ3v) is 21.2. The van der Waals surface area contributed by atoms with Crippen molar-refractivity contribution in [1.29, 1.82) is 0 Å². The molecule has 9 aromatic carbocycles. The molecule has 3 heterocycles. The van der Waals surface area contributed by atoms with E-state index in [0.717, 1.165) is 47.0 Å². The molecular formula is C81H87BN4. The van der Waals surface area contributed by atoms with Gasteiger partial charge in [-0.3, -0.25) is 0 Å². The van der Waals surface area contributed by atoms with Crippen LogP contribution in [-0.2, 0) is 32.5 Å². The van der Waals surface area contributed by atoms with Crippen LogP contribution < -0.4 is 36.0 Å². The van der Waals surface area contributed by atoms with Gasteiger partial charge in [0.25, 0.3) is 6.71 Å². The highest BCUT2D eigenvalue weighted by Gasteiger charge is 2.61. The number of para-hydroxylation sites is 1. The van der Waals surface area contributed by atoms with Crippen molar-refractivity contribution in [2.45, 2.75) is 174 Å². The minimum Gasteiger partial charge on any atom is -0.335 e. The van der Waals surface area contributed by atoms with Crippen LogP contribution in [0.3, 0.4) is 0 Å². The Balaban J connectivity index is 1.08. The molecule has 0 spiro atoms. The normalized spacial score (nSPS) is 18.9. The molecule has 14 rings (SSSR count). The highest BCUT2D eigenvalue weighted by molar-refractivity contribution is 7.00. The lowest BCUT2D eigenvalue weighted by Crippen LogP contribution is -2.64. The van der Waals surface area contributed by atoms with Crippen molar-refractivity contribution in [3.63, 3.8) is 0 Å². The summed E-state index contributed by atoms with van der Waals surface area (Å²) in [5, 5.41) is 0. The summed E-state index contributed by atoms with van der Waals surface area (Å²) in [6, 6.07) is 74.1. The van der Waals surface area contributed by atoms with Crippen LogP contribution in [0.15, 0.2) is 188 Å². The zero-order valence-corrected chi connectivity index (χ0v) is 54.1. The molecule has 0 bridgehead atoms. The van der Waals surface area contributed by atoms with E-state index in [9.17, 15) is 0 Å². The number of hydrogen-bond acceptors (Lipinski definition) is 4. The molecule has 2 aliphatic carbocycles. The summed E-state index contributed by atoms with van der Waals surface area (Å²) in [6.07, 6.45) is 4.72. The molecule has 1 saturated carbocycles. The van der Waals surface area contributed by atoms with Crippen LogP contribution in [0.1, 0.15) is 175 Å². The Labute approximate surface area is 515 Å². The fourth-order valence-electron chi connectivity index (χ4n) is 16.0. The first kappa shape index (κ1) is 56.1. The smallest absolute Gasteiger partial charge is 0.252 e. The molecule has 1 fully saturated rings. The van der Waals surface area contributed by atoms with Gasteiger partial charge >= 0.3 is 0 Å². The van der Waals surface area contributed by atoms with Crippen LogP contribution in [0, 0.1) is 0 Å². The monoisotopic (exact) mass is 1130 g/mol.